The molecule has 0 saturated carbocycles. The molecule has 3 atom stereocenters. The van der Waals surface area contributed by atoms with E-state index >= 15 is 0 Å². The monoisotopic (exact) mass is 435 g/mol. The summed E-state index contributed by atoms with van der Waals surface area (Å²) in [6, 6.07) is -0.830. The number of nitrogens with two attached hydrogens (primary N) is 1. The topological polar surface area (TPSA) is 141 Å². The summed E-state index contributed by atoms with van der Waals surface area (Å²) in [4.78, 5) is 78.0. The van der Waals surface area contributed by atoms with E-state index in [9.17, 15) is 28.8 Å². The predicted molar refractivity (Wildman–Crippen MR) is 107 cm³/mol. The molecular weight excluding hydrogens is 406 g/mol. The largest absolute Gasteiger partial charge is 0.319 e. The van der Waals surface area contributed by atoms with Gasteiger partial charge in [0.1, 0.15) is 0 Å². The second kappa shape index (κ2) is 9.23. The summed E-state index contributed by atoms with van der Waals surface area (Å²) in [5.74, 6) is -2.36. The van der Waals surface area contributed by atoms with Crippen LogP contribution in [0.5, 0.6) is 0 Å². The lowest BCUT2D eigenvalue weighted by Crippen LogP contribution is -2.46. The molecule has 3 aliphatic heterocycles. The van der Waals surface area contributed by atoms with Crippen LogP contribution in [0.3, 0.4) is 0 Å². The average molecular weight is 435 g/mol. The Hall–Kier alpha value is -2.66. The fourth-order valence-electron chi connectivity index (χ4n) is 4.17. The number of carbonyl (C=O) groups is 6. The molecule has 6 amide bonds. The molecule has 3 unspecified atom stereocenters. The summed E-state index contributed by atoms with van der Waals surface area (Å²) in [7, 11) is 0. The molecular formula is C20H29N5O6. The van der Waals surface area contributed by atoms with Crippen LogP contribution in [-0.2, 0) is 28.8 Å². The van der Waals surface area contributed by atoms with E-state index in [1.165, 1.54) is 9.80 Å². The smallest absolute Gasteiger partial charge is 0.246 e. The lowest BCUT2D eigenvalue weighted by molar-refractivity contribution is -0.140. The fourth-order valence-corrected chi connectivity index (χ4v) is 4.17. The highest BCUT2D eigenvalue weighted by Gasteiger charge is 2.38. The zero-order valence-electron chi connectivity index (χ0n) is 17.9. The molecule has 0 radical (unpaired) electrons. The van der Waals surface area contributed by atoms with Crippen LogP contribution in [-0.4, -0.2) is 100 Å². The number of nitrogens with zero attached hydrogens (tertiary/aromatic N) is 4. The van der Waals surface area contributed by atoms with Crippen molar-refractivity contribution >= 4 is 35.4 Å². The molecule has 0 aliphatic carbocycles. The third kappa shape index (κ3) is 4.82. The number of rotatable bonds is 9. The first-order valence-corrected chi connectivity index (χ1v) is 10.6. The maximum absolute atomic E-state index is 12.2. The first-order valence-electron chi connectivity index (χ1n) is 10.6. The summed E-state index contributed by atoms with van der Waals surface area (Å²) in [6.07, 6.45) is 0.340. The van der Waals surface area contributed by atoms with Crippen molar-refractivity contribution in [3.63, 3.8) is 0 Å². The van der Waals surface area contributed by atoms with Gasteiger partial charge in [0.25, 0.3) is 0 Å². The molecule has 0 aromatic rings. The van der Waals surface area contributed by atoms with Crippen LogP contribution >= 0.6 is 0 Å². The van der Waals surface area contributed by atoms with Crippen molar-refractivity contribution in [2.45, 2.75) is 39.2 Å². The summed E-state index contributed by atoms with van der Waals surface area (Å²) in [6.45, 7) is 4.75. The van der Waals surface area contributed by atoms with E-state index in [4.69, 9.17) is 5.73 Å². The van der Waals surface area contributed by atoms with Crippen LogP contribution in [0.2, 0.25) is 0 Å². The van der Waals surface area contributed by atoms with Gasteiger partial charge in [-0.2, -0.15) is 0 Å². The van der Waals surface area contributed by atoms with Gasteiger partial charge in [-0.05, 0) is 0 Å². The fraction of sp³-hybridized carbons (Fsp3) is 0.700. The molecule has 170 valence electrons. The Morgan fingerprint density at radius 2 is 1.03 bits per heavy atom. The molecule has 11 heteroatoms. The van der Waals surface area contributed by atoms with E-state index < -0.39 is 11.9 Å². The minimum Gasteiger partial charge on any atom is -0.319 e. The van der Waals surface area contributed by atoms with Crippen molar-refractivity contribution in [1.29, 1.82) is 0 Å². The molecule has 3 saturated heterocycles. The minimum absolute atomic E-state index is 0.0256. The molecule has 3 aliphatic rings. The molecule has 0 spiro atoms. The number of hydrogen-bond donors (Lipinski definition) is 1. The highest BCUT2D eigenvalue weighted by atomic mass is 16.2. The van der Waals surface area contributed by atoms with Gasteiger partial charge in [0.05, 0.1) is 12.5 Å². The Morgan fingerprint density at radius 1 is 0.677 bits per heavy atom. The quantitative estimate of drug-likeness (QED) is 0.417. The van der Waals surface area contributed by atoms with Gasteiger partial charge in [-0.25, -0.2) is 0 Å². The van der Waals surface area contributed by atoms with Gasteiger partial charge >= 0.3 is 0 Å². The SMILES string of the molecule is CC1CC(=O)N(CCN(CCN2C(=O)CC(C)C2=O)CCN2C(=O)CC(N)C2=O)C1=O. The van der Waals surface area contributed by atoms with Gasteiger partial charge in [0.2, 0.25) is 35.4 Å². The molecule has 0 bridgehead atoms. The average Bonchev–Trinajstić information content (AvgIpc) is 3.20. The highest BCUT2D eigenvalue weighted by Crippen LogP contribution is 2.20. The zero-order valence-corrected chi connectivity index (χ0v) is 17.9. The van der Waals surface area contributed by atoms with Crippen LogP contribution in [0, 0.1) is 11.8 Å². The van der Waals surface area contributed by atoms with Crippen molar-refractivity contribution in [1.82, 2.24) is 19.6 Å². The number of carbonyl (C=O) groups excluding carboxylic acids is 6. The molecule has 2 N–H and O–H groups in total. The van der Waals surface area contributed by atoms with E-state index in [-0.39, 0.29) is 86.8 Å². The van der Waals surface area contributed by atoms with Crippen LogP contribution in [0.4, 0.5) is 0 Å². The molecule has 0 aromatic carbocycles. The lowest BCUT2D eigenvalue weighted by atomic mass is 10.1. The van der Waals surface area contributed by atoms with Gasteiger partial charge in [-0.15, -0.1) is 0 Å². The molecule has 3 rings (SSSR count). The van der Waals surface area contributed by atoms with Crippen molar-refractivity contribution in [2.75, 3.05) is 39.3 Å². The number of imide groups is 3. The third-order valence-electron chi connectivity index (χ3n) is 6.14. The summed E-state index contributed by atoms with van der Waals surface area (Å²) in [5, 5.41) is 0. The number of hydrogen-bond acceptors (Lipinski definition) is 8. The summed E-state index contributed by atoms with van der Waals surface area (Å²) in [5.41, 5.74) is 5.65. The second-order valence-electron chi connectivity index (χ2n) is 8.51. The van der Waals surface area contributed by atoms with E-state index in [1.54, 1.807) is 13.8 Å². The van der Waals surface area contributed by atoms with Crippen LogP contribution in [0.1, 0.15) is 33.1 Å². The van der Waals surface area contributed by atoms with E-state index in [0.29, 0.717) is 13.1 Å². The first-order chi connectivity index (χ1) is 14.6. The summed E-state index contributed by atoms with van der Waals surface area (Å²) < 4.78 is 0. The van der Waals surface area contributed by atoms with Gasteiger partial charge in [0.15, 0.2) is 0 Å². The Balaban J connectivity index is 1.62. The molecule has 11 nitrogen and oxygen atoms in total. The Bertz CT molecular complexity index is 709. The van der Waals surface area contributed by atoms with Crippen molar-refractivity contribution < 1.29 is 28.8 Å². The molecule has 0 aromatic heterocycles. The van der Waals surface area contributed by atoms with E-state index in [0.717, 1.165) is 4.90 Å². The first kappa shape index (κ1) is 23.0. The van der Waals surface area contributed by atoms with Crippen molar-refractivity contribution in [2.24, 2.45) is 17.6 Å². The highest BCUT2D eigenvalue weighted by molar-refractivity contribution is 6.05. The summed E-state index contributed by atoms with van der Waals surface area (Å²) >= 11 is 0. The maximum atomic E-state index is 12.2. The molecule has 3 heterocycles. The van der Waals surface area contributed by atoms with E-state index in [2.05, 4.69) is 0 Å². The van der Waals surface area contributed by atoms with Gasteiger partial charge in [-0.1, -0.05) is 13.8 Å². The zero-order chi connectivity index (χ0) is 22.9. The van der Waals surface area contributed by atoms with Crippen LogP contribution in [0.15, 0.2) is 0 Å². The maximum Gasteiger partial charge on any atom is 0.246 e. The second-order valence-corrected chi connectivity index (χ2v) is 8.51. The molecule has 3 fully saturated rings. The standard InChI is InChI=1S/C20H29N5O6/c1-12-9-15(26)23(18(12)29)6-3-22(4-7-24-16(27)10-13(2)19(24)30)5-8-25-17(28)11-14(21)20(25)31/h12-14H,3-11,21H2,1-2H3. The predicted octanol–water partition coefficient (Wildman–Crippen LogP) is -1.84. The van der Waals surface area contributed by atoms with Crippen LogP contribution in [0.25, 0.3) is 0 Å². The Morgan fingerprint density at radius 3 is 1.32 bits per heavy atom. The third-order valence-corrected chi connectivity index (χ3v) is 6.14. The number of likely N-dealkylation sites (tertiary alicyclic amines) is 3. The van der Waals surface area contributed by atoms with Gasteiger partial charge in [-0.3, -0.25) is 48.4 Å². The normalized spacial score (nSPS) is 27.1. The molecule has 31 heavy (non-hydrogen) atoms. The Kier molecular flexibility index (Phi) is 6.85. The number of amides is 6. The van der Waals surface area contributed by atoms with Crippen molar-refractivity contribution in [3.05, 3.63) is 0 Å². The minimum atomic E-state index is -0.830. The van der Waals surface area contributed by atoms with Crippen LogP contribution < -0.4 is 5.73 Å². The van der Waals surface area contributed by atoms with E-state index in [1.807, 2.05) is 4.90 Å². The van der Waals surface area contributed by atoms with Crippen molar-refractivity contribution in [3.8, 4) is 0 Å². The lowest BCUT2D eigenvalue weighted by Gasteiger charge is -2.28. The van der Waals surface area contributed by atoms with Gasteiger partial charge in [0, 0.05) is 63.9 Å². The Labute approximate surface area is 180 Å². The van der Waals surface area contributed by atoms with Gasteiger partial charge < -0.3 is 5.73 Å².